The van der Waals surface area contributed by atoms with E-state index in [0.717, 1.165) is 0 Å². The highest BCUT2D eigenvalue weighted by molar-refractivity contribution is 6.32. The Kier molecular flexibility index (Phi) is 4.26. The summed E-state index contributed by atoms with van der Waals surface area (Å²) in [7, 11) is 0. The first-order valence-electron chi connectivity index (χ1n) is 3.55. The molecular formula is C7H13NO3. The molecule has 1 N–H and O–H groups in total. The summed E-state index contributed by atoms with van der Waals surface area (Å²) in [5, 5.41) is 2.41. The molecule has 0 aromatic heterocycles. The SMILES string of the molecule is CCOC(=O)C(=O)NC(C)C. The van der Waals surface area contributed by atoms with Crippen LogP contribution in [-0.2, 0) is 14.3 Å². The second-order valence-electron chi connectivity index (χ2n) is 2.35. The molecular weight excluding hydrogens is 146 g/mol. The van der Waals surface area contributed by atoms with Crippen LogP contribution in [0.25, 0.3) is 0 Å². The van der Waals surface area contributed by atoms with E-state index in [4.69, 9.17) is 0 Å². The number of ether oxygens (including phenoxy) is 1. The van der Waals surface area contributed by atoms with E-state index in [1.165, 1.54) is 0 Å². The number of nitrogens with one attached hydrogen (secondary N) is 1. The Bertz CT molecular complexity index is 154. The summed E-state index contributed by atoms with van der Waals surface area (Å²) < 4.78 is 4.45. The minimum atomic E-state index is -0.818. The zero-order chi connectivity index (χ0) is 8.85. The van der Waals surface area contributed by atoms with E-state index in [-0.39, 0.29) is 12.6 Å². The number of carbonyl (C=O) groups excluding carboxylic acids is 2. The molecule has 4 nitrogen and oxygen atoms in total. The molecule has 0 radical (unpaired) electrons. The van der Waals surface area contributed by atoms with Crippen LogP contribution in [0, 0.1) is 0 Å². The highest BCUT2D eigenvalue weighted by Gasteiger charge is 2.14. The van der Waals surface area contributed by atoms with Crippen LogP contribution in [-0.4, -0.2) is 24.5 Å². The molecule has 0 aliphatic carbocycles. The molecule has 0 saturated heterocycles. The van der Waals surface area contributed by atoms with Gasteiger partial charge in [-0.1, -0.05) is 0 Å². The predicted octanol–water partition coefficient (Wildman–Crippen LogP) is 0.0741. The topological polar surface area (TPSA) is 55.4 Å². The van der Waals surface area contributed by atoms with Gasteiger partial charge in [0.1, 0.15) is 0 Å². The van der Waals surface area contributed by atoms with Crippen molar-refractivity contribution in [3.05, 3.63) is 0 Å². The second kappa shape index (κ2) is 4.71. The van der Waals surface area contributed by atoms with Crippen molar-refractivity contribution in [1.29, 1.82) is 0 Å². The van der Waals surface area contributed by atoms with Crippen LogP contribution < -0.4 is 5.32 Å². The fourth-order valence-corrected chi connectivity index (χ4v) is 0.518. The van der Waals surface area contributed by atoms with Crippen LogP contribution >= 0.6 is 0 Å². The molecule has 0 fully saturated rings. The lowest BCUT2D eigenvalue weighted by Crippen LogP contribution is -2.36. The van der Waals surface area contributed by atoms with Gasteiger partial charge in [0.25, 0.3) is 0 Å². The van der Waals surface area contributed by atoms with Crippen molar-refractivity contribution in [3.8, 4) is 0 Å². The minimum Gasteiger partial charge on any atom is -0.459 e. The van der Waals surface area contributed by atoms with Crippen molar-refractivity contribution < 1.29 is 14.3 Å². The summed E-state index contributed by atoms with van der Waals surface area (Å²) in [6, 6.07) is -0.0353. The molecule has 0 aliphatic heterocycles. The largest absolute Gasteiger partial charge is 0.459 e. The third kappa shape index (κ3) is 4.36. The van der Waals surface area contributed by atoms with Gasteiger partial charge in [-0.15, -0.1) is 0 Å². The predicted molar refractivity (Wildman–Crippen MR) is 39.9 cm³/mol. The zero-order valence-electron chi connectivity index (χ0n) is 7.01. The number of carbonyl (C=O) groups is 2. The number of rotatable bonds is 2. The summed E-state index contributed by atoms with van der Waals surface area (Å²) >= 11 is 0. The van der Waals surface area contributed by atoms with E-state index in [2.05, 4.69) is 10.1 Å². The van der Waals surface area contributed by atoms with E-state index in [1.54, 1.807) is 20.8 Å². The third-order valence-corrected chi connectivity index (χ3v) is 0.881. The summed E-state index contributed by atoms with van der Waals surface area (Å²) in [5.74, 6) is -1.50. The fourth-order valence-electron chi connectivity index (χ4n) is 0.518. The Morgan fingerprint density at radius 3 is 2.36 bits per heavy atom. The maximum atomic E-state index is 10.8. The van der Waals surface area contributed by atoms with Crippen LogP contribution in [0.2, 0.25) is 0 Å². The molecule has 0 saturated carbocycles. The van der Waals surface area contributed by atoms with E-state index >= 15 is 0 Å². The summed E-state index contributed by atoms with van der Waals surface area (Å²) in [6.07, 6.45) is 0. The lowest BCUT2D eigenvalue weighted by Gasteiger charge is -2.06. The smallest absolute Gasteiger partial charge is 0.396 e. The van der Waals surface area contributed by atoms with E-state index in [9.17, 15) is 9.59 Å². The third-order valence-electron chi connectivity index (χ3n) is 0.881. The Balaban J connectivity index is 3.74. The Morgan fingerprint density at radius 1 is 1.45 bits per heavy atom. The van der Waals surface area contributed by atoms with Crippen molar-refractivity contribution in [3.63, 3.8) is 0 Å². The molecule has 0 rings (SSSR count). The molecule has 0 aliphatic rings. The van der Waals surface area contributed by atoms with Gasteiger partial charge in [-0.2, -0.15) is 0 Å². The lowest BCUT2D eigenvalue weighted by atomic mass is 10.4. The highest BCUT2D eigenvalue weighted by Crippen LogP contribution is 1.81. The molecule has 4 heteroatoms. The molecule has 0 heterocycles. The molecule has 64 valence electrons. The maximum absolute atomic E-state index is 10.8. The molecule has 0 bridgehead atoms. The van der Waals surface area contributed by atoms with Gasteiger partial charge in [0.05, 0.1) is 6.61 Å². The molecule has 0 unspecified atom stereocenters. The Hall–Kier alpha value is -1.06. The fraction of sp³-hybridized carbons (Fsp3) is 0.714. The van der Waals surface area contributed by atoms with Gasteiger partial charge in [-0.05, 0) is 20.8 Å². The minimum absolute atomic E-state index is 0.0353. The van der Waals surface area contributed by atoms with Gasteiger partial charge in [-0.3, -0.25) is 4.79 Å². The number of esters is 1. The first kappa shape index (κ1) is 9.94. The molecule has 0 aromatic rings. The van der Waals surface area contributed by atoms with Gasteiger partial charge < -0.3 is 10.1 Å². The zero-order valence-corrected chi connectivity index (χ0v) is 7.01. The summed E-state index contributed by atoms with van der Waals surface area (Å²) in [6.45, 7) is 5.43. The van der Waals surface area contributed by atoms with Crippen molar-refractivity contribution in [1.82, 2.24) is 5.32 Å². The molecule has 11 heavy (non-hydrogen) atoms. The normalized spacial score (nSPS) is 9.45. The Morgan fingerprint density at radius 2 is 2.00 bits per heavy atom. The van der Waals surface area contributed by atoms with Gasteiger partial charge >= 0.3 is 11.9 Å². The van der Waals surface area contributed by atoms with Crippen molar-refractivity contribution in [2.24, 2.45) is 0 Å². The number of hydrogen-bond donors (Lipinski definition) is 1. The van der Waals surface area contributed by atoms with Crippen molar-refractivity contribution >= 4 is 11.9 Å². The monoisotopic (exact) mass is 159 g/mol. The average molecular weight is 159 g/mol. The van der Waals surface area contributed by atoms with E-state index in [1.807, 2.05) is 0 Å². The van der Waals surface area contributed by atoms with E-state index < -0.39 is 11.9 Å². The first-order chi connectivity index (χ1) is 5.07. The van der Waals surface area contributed by atoms with E-state index in [0.29, 0.717) is 0 Å². The number of amides is 1. The number of hydrogen-bond acceptors (Lipinski definition) is 3. The molecule has 0 spiro atoms. The Labute approximate surface area is 65.9 Å². The van der Waals surface area contributed by atoms with Crippen LogP contribution in [0.5, 0.6) is 0 Å². The molecule has 0 aromatic carbocycles. The highest BCUT2D eigenvalue weighted by atomic mass is 16.5. The summed E-state index contributed by atoms with van der Waals surface area (Å²) in [5.41, 5.74) is 0. The molecule has 0 atom stereocenters. The van der Waals surface area contributed by atoms with Crippen molar-refractivity contribution in [2.45, 2.75) is 26.8 Å². The van der Waals surface area contributed by atoms with Crippen LogP contribution in [0.15, 0.2) is 0 Å². The standard InChI is InChI=1S/C7H13NO3/c1-4-11-7(10)6(9)8-5(2)3/h5H,4H2,1-3H3,(H,8,9). The van der Waals surface area contributed by atoms with Crippen LogP contribution in [0.4, 0.5) is 0 Å². The van der Waals surface area contributed by atoms with Crippen molar-refractivity contribution in [2.75, 3.05) is 6.61 Å². The quantitative estimate of drug-likeness (QED) is 0.458. The van der Waals surface area contributed by atoms with Gasteiger partial charge in [0, 0.05) is 6.04 Å². The van der Waals surface area contributed by atoms with Crippen LogP contribution in [0.1, 0.15) is 20.8 Å². The average Bonchev–Trinajstić information content (AvgIpc) is 1.86. The van der Waals surface area contributed by atoms with Gasteiger partial charge in [0.2, 0.25) is 0 Å². The van der Waals surface area contributed by atoms with Gasteiger partial charge in [-0.25, -0.2) is 4.79 Å². The maximum Gasteiger partial charge on any atom is 0.396 e. The first-order valence-corrected chi connectivity index (χ1v) is 3.55. The molecule has 1 amide bonds. The van der Waals surface area contributed by atoms with Crippen LogP contribution in [0.3, 0.4) is 0 Å². The van der Waals surface area contributed by atoms with Gasteiger partial charge in [0.15, 0.2) is 0 Å². The summed E-state index contributed by atoms with van der Waals surface area (Å²) in [4.78, 5) is 21.4. The lowest BCUT2D eigenvalue weighted by molar-refractivity contribution is -0.154. The second-order valence-corrected chi connectivity index (χ2v) is 2.35.